The zero-order valence-corrected chi connectivity index (χ0v) is 10.5. The summed E-state index contributed by atoms with van der Waals surface area (Å²) in [5.41, 5.74) is 0. The molecule has 2 aliphatic rings. The summed E-state index contributed by atoms with van der Waals surface area (Å²) in [6.07, 6.45) is 5.47. The number of rotatable bonds is 4. The van der Waals surface area contributed by atoms with Crippen molar-refractivity contribution in [2.75, 3.05) is 13.1 Å². The summed E-state index contributed by atoms with van der Waals surface area (Å²) < 4.78 is 0. The highest BCUT2D eigenvalue weighted by molar-refractivity contribution is 4.96. The number of nitrogens with zero attached hydrogens (tertiary/aromatic N) is 1. The second kappa shape index (κ2) is 4.84. The normalized spacial score (nSPS) is 33.6. The van der Waals surface area contributed by atoms with Crippen molar-refractivity contribution >= 4 is 0 Å². The van der Waals surface area contributed by atoms with Crippen LogP contribution in [0, 0.1) is 5.92 Å². The summed E-state index contributed by atoms with van der Waals surface area (Å²) >= 11 is 0. The molecule has 2 saturated heterocycles. The van der Waals surface area contributed by atoms with Crippen molar-refractivity contribution in [2.24, 2.45) is 5.92 Å². The van der Waals surface area contributed by atoms with Crippen molar-refractivity contribution < 1.29 is 0 Å². The molecule has 2 nitrogen and oxygen atoms in total. The van der Waals surface area contributed by atoms with Gasteiger partial charge in [0, 0.05) is 24.7 Å². The Morgan fingerprint density at radius 2 is 2.07 bits per heavy atom. The lowest BCUT2D eigenvalue weighted by Crippen LogP contribution is -2.46. The molecule has 3 atom stereocenters. The van der Waals surface area contributed by atoms with Crippen molar-refractivity contribution in [1.29, 1.82) is 0 Å². The molecule has 2 rings (SSSR count). The van der Waals surface area contributed by atoms with Gasteiger partial charge >= 0.3 is 0 Å². The van der Waals surface area contributed by atoms with Crippen LogP contribution in [0.5, 0.6) is 0 Å². The van der Waals surface area contributed by atoms with Crippen molar-refractivity contribution in [1.82, 2.24) is 10.2 Å². The van der Waals surface area contributed by atoms with Crippen molar-refractivity contribution in [3.05, 3.63) is 0 Å². The average Bonchev–Trinajstić information content (AvgIpc) is 2.76. The molecule has 88 valence electrons. The van der Waals surface area contributed by atoms with Crippen LogP contribution in [0.2, 0.25) is 0 Å². The van der Waals surface area contributed by atoms with E-state index in [0.717, 1.165) is 24.0 Å². The van der Waals surface area contributed by atoms with Gasteiger partial charge in [-0.2, -0.15) is 0 Å². The van der Waals surface area contributed by atoms with Crippen molar-refractivity contribution in [3.63, 3.8) is 0 Å². The monoisotopic (exact) mass is 210 g/mol. The number of fused-ring (bicyclic) bond motifs is 1. The molecule has 0 bridgehead atoms. The van der Waals surface area contributed by atoms with E-state index in [2.05, 4.69) is 31.0 Å². The van der Waals surface area contributed by atoms with Gasteiger partial charge in [0.1, 0.15) is 0 Å². The summed E-state index contributed by atoms with van der Waals surface area (Å²) in [6.45, 7) is 9.66. The molecule has 1 N–H and O–H groups in total. The summed E-state index contributed by atoms with van der Waals surface area (Å²) in [5.74, 6) is 0.769. The number of hydrogen-bond acceptors (Lipinski definition) is 2. The minimum absolute atomic E-state index is 0.718. The first-order valence-electron chi connectivity index (χ1n) is 6.72. The van der Waals surface area contributed by atoms with Crippen LogP contribution in [-0.4, -0.2) is 36.1 Å². The Bertz CT molecular complexity index is 203. The Morgan fingerprint density at radius 3 is 2.73 bits per heavy atom. The molecule has 3 unspecified atom stereocenters. The predicted octanol–water partition coefficient (Wildman–Crippen LogP) is 2.25. The Morgan fingerprint density at radius 1 is 1.27 bits per heavy atom. The van der Waals surface area contributed by atoms with Gasteiger partial charge in [-0.05, 0) is 38.1 Å². The SMILES string of the molecule is CCC(NC1CCN2CCCC12)C(C)C. The smallest absolute Gasteiger partial charge is 0.0250 e. The van der Waals surface area contributed by atoms with Gasteiger partial charge < -0.3 is 5.32 Å². The van der Waals surface area contributed by atoms with E-state index in [1.807, 2.05) is 0 Å². The van der Waals surface area contributed by atoms with Crippen LogP contribution in [0.4, 0.5) is 0 Å². The molecule has 0 saturated carbocycles. The molecule has 0 spiro atoms. The molecule has 0 aromatic rings. The Hall–Kier alpha value is -0.0800. The minimum atomic E-state index is 0.718. The van der Waals surface area contributed by atoms with E-state index in [9.17, 15) is 0 Å². The van der Waals surface area contributed by atoms with Crippen LogP contribution in [0.25, 0.3) is 0 Å². The summed E-state index contributed by atoms with van der Waals surface area (Å²) in [7, 11) is 0. The lowest BCUT2D eigenvalue weighted by atomic mass is 9.98. The molecule has 2 heteroatoms. The lowest BCUT2D eigenvalue weighted by Gasteiger charge is -2.28. The Kier molecular flexibility index (Phi) is 3.68. The van der Waals surface area contributed by atoms with Gasteiger partial charge in [-0.1, -0.05) is 20.8 Å². The predicted molar refractivity (Wildman–Crippen MR) is 65.1 cm³/mol. The molecule has 0 aromatic heterocycles. The maximum absolute atomic E-state index is 3.89. The second-order valence-electron chi connectivity index (χ2n) is 5.57. The first kappa shape index (κ1) is 11.4. The van der Waals surface area contributed by atoms with Gasteiger partial charge in [0.2, 0.25) is 0 Å². The third-order valence-corrected chi connectivity index (χ3v) is 4.28. The molecule has 2 fully saturated rings. The topological polar surface area (TPSA) is 15.3 Å². The van der Waals surface area contributed by atoms with Crippen LogP contribution in [0.1, 0.15) is 46.5 Å². The maximum atomic E-state index is 3.89. The standard InChI is InChI=1S/C13H26N2/c1-4-11(10(2)3)14-12-7-9-15-8-5-6-13(12)15/h10-14H,4-9H2,1-3H3. The summed E-state index contributed by atoms with van der Waals surface area (Å²) in [5, 5.41) is 3.89. The highest BCUT2D eigenvalue weighted by Gasteiger charge is 2.37. The van der Waals surface area contributed by atoms with Crippen molar-refractivity contribution in [2.45, 2.75) is 64.6 Å². The van der Waals surface area contributed by atoms with Gasteiger partial charge in [0.15, 0.2) is 0 Å². The largest absolute Gasteiger partial charge is 0.309 e. The molecule has 0 radical (unpaired) electrons. The Labute approximate surface area is 94.4 Å². The van der Waals surface area contributed by atoms with E-state index >= 15 is 0 Å². The zero-order valence-electron chi connectivity index (χ0n) is 10.5. The van der Waals surface area contributed by atoms with Crippen LogP contribution < -0.4 is 5.32 Å². The van der Waals surface area contributed by atoms with E-state index in [0.29, 0.717) is 0 Å². The van der Waals surface area contributed by atoms with Crippen LogP contribution in [0.15, 0.2) is 0 Å². The van der Waals surface area contributed by atoms with Gasteiger partial charge in [-0.3, -0.25) is 4.90 Å². The highest BCUT2D eigenvalue weighted by Crippen LogP contribution is 2.28. The quantitative estimate of drug-likeness (QED) is 0.765. The van der Waals surface area contributed by atoms with E-state index in [-0.39, 0.29) is 0 Å². The maximum Gasteiger partial charge on any atom is 0.0250 e. The van der Waals surface area contributed by atoms with Gasteiger partial charge in [0.05, 0.1) is 0 Å². The van der Waals surface area contributed by atoms with Crippen LogP contribution in [0.3, 0.4) is 0 Å². The fourth-order valence-electron chi connectivity index (χ4n) is 3.33. The van der Waals surface area contributed by atoms with Crippen molar-refractivity contribution in [3.8, 4) is 0 Å². The highest BCUT2D eigenvalue weighted by atomic mass is 15.2. The summed E-state index contributed by atoms with van der Waals surface area (Å²) in [4.78, 5) is 2.69. The molecule has 15 heavy (non-hydrogen) atoms. The van der Waals surface area contributed by atoms with Gasteiger partial charge in [0.25, 0.3) is 0 Å². The zero-order chi connectivity index (χ0) is 10.8. The average molecular weight is 210 g/mol. The number of nitrogens with one attached hydrogen (secondary N) is 1. The van der Waals surface area contributed by atoms with Gasteiger partial charge in [-0.25, -0.2) is 0 Å². The molecule has 0 amide bonds. The van der Waals surface area contributed by atoms with E-state index in [1.54, 1.807) is 0 Å². The van der Waals surface area contributed by atoms with Crippen LogP contribution in [-0.2, 0) is 0 Å². The van der Waals surface area contributed by atoms with E-state index < -0.39 is 0 Å². The molecule has 0 aliphatic carbocycles. The second-order valence-corrected chi connectivity index (χ2v) is 5.57. The minimum Gasteiger partial charge on any atom is -0.309 e. The molecule has 0 aromatic carbocycles. The first-order chi connectivity index (χ1) is 7.22. The molecule has 2 heterocycles. The molecular weight excluding hydrogens is 184 g/mol. The lowest BCUT2D eigenvalue weighted by molar-refractivity contribution is 0.270. The van der Waals surface area contributed by atoms with Crippen LogP contribution >= 0.6 is 0 Å². The van der Waals surface area contributed by atoms with Gasteiger partial charge in [-0.15, -0.1) is 0 Å². The fourth-order valence-corrected chi connectivity index (χ4v) is 3.33. The Balaban J connectivity index is 1.88. The summed E-state index contributed by atoms with van der Waals surface area (Å²) in [6, 6.07) is 2.35. The molecular formula is C13H26N2. The van der Waals surface area contributed by atoms with E-state index in [4.69, 9.17) is 0 Å². The first-order valence-corrected chi connectivity index (χ1v) is 6.72. The third-order valence-electron chi connectivity index (χ3n) is 4.28. The van der Waals surface area contributed by atoms with E-state index in [1.165, 1.54) is 38.8 Å². The third kappa shape index (κ3) is 2.36. The molecule has 2 aliphatic heterocycles. The fraction of sp³-hybridized carbons (Fsp3) is 1.00. The number of hydrogen-bond donors (Lipinski definition) is 1.